The predicted molar refractivity (Wildman–Crippen MR) is 65.7 cm³/mol. The Balaban J connectivity index is 2.18. The van der Waals surface area contributed by atoms with E-state index < -0.39 is 0 Å². The third kappa shape index (κ3) is 5.00. The van der Waals surface area contributed by atoms with Gasteiger partial charge in [0.15, 0.2) is 0 Å². The molecule has 0 atom stereocenters. The molecule has 0 N–H and O–H groups in total. The SMILES string of the molecule is CN(C)C/C=C/C/C=C/c1ccsc1. The van der Waals surface area contributed by atoms with Crippen molar-refractivity contribution in [3.8, 4) is 0 Å². The molecule has 0 aliphatic carbocycles. The van der Waals surface area contributed by atoms with E-state index in [9.17, 15) is 0 Å². The summed E-state index contributed by atoms with van der Waals surface area (Å²) in [6, 6.07) is 2.13. The van der Waals surface area contributed by atoms with E-state index in [2.05, 4.69) is 60.1 Å². The zero-order chi connectivity index (χ0) is 10.2. The number of rotatable bonds is 5. The molecule has 14 heavy (non-hydrogen) atoms. The molecule has 0 radical (unpaired) electrons. The third-order valence-electron chi connectivity index (χ3n) is 1.76. The Hall–Kier alpha value is -0.860. The predicted octanol–water partition coefficient (Wildman–Crippen LogP) is 3.27. The lowest BCUT2D eigenvalue weighted by atomic mass is 10.2. The fourth-order valence-electron chi connectivity index (χ4n) is 1.03. The number of nitrogens with zero attached hydrogens (tertiary/aromatic N) is 1. The van der Waals surface area contributed by atoms with Gasteiger partial charge in [0.2, 0.25) is 0 Å². The van der Waals surface area contributed by atoms with Crippen molar-refractivity contribution >= 4 is 17.4 Å². The average molecular weight is 207 g/mol. The van der Waals surface area contributed by atoms with E-state index in [1.54, 1.807) is 11.3 Å². The van der Waals surface area contributed by atoms with Gasteiger partial charge in [0, 0.05) is 6.54 Å². The van der Waals surface area contributed by atoms with Crippen molar-refractivity contribution in [3.63, 3.8) is 0 Å². The maximum atomic E-state index is 2.20. The molecule has 0 bridgehead atoms. The Morgan fingerprint density at radius 3 is 2.79 bits per heavy atom. The smallest absolute Gasteiger partial charge is 0.0157 e. The molecule has 0 unspecified atom stereocenters. The van der Waals surface area contributed by atoms with Gasteiger partial charge in [-0.3, -0.25) is 0 Å². The van der Waals surface area contributed by atoms with Crippen LogP contribution in [0.1, 0.15) is 12.0 Å². The van der Waals surface area contributed by atoms with E-state index in [0.717, 1.165) is 13.0 Å². The van der Waals surface area contributed by atoms with Crippen LogP contribution in [0.4, 0.5) is 0 Å². The van der Waals surface area contributed by atoms with Crippen molar-refractivity contribution in [3.05, 3.63) is 40.6 Å². The van der Waals surface area contributed by atoms with Crippen LogP contribution in [0.3, 0.4) is 0 Å². The summed E-state index contributed by atoms with van der Waals surface area (Å²) < 4.78 is 0. The fraction of sp³-hybridized carbons (Fsp3) is 0.333. The van der Waals surface area contributed by atoms with E-state index in [-0.39, 0.29) is 0 Å². The van der Waals surface area contributed by atoms with Crippen LogP contribution in [-0.2, 0) is 0 Å². The Morgan fingerprint density at radius 1 is 1.29 bits per heavy atom. The first-order valence-corrected chi connectivity index (χ1v) is 5.72. The molecular formula is C12H17NS. The van der Waals surface area contributed by atoms with Crippen LogP contribution in [0.5, 0.6) is 0 Å². The Kier molecular flexibility index (Phi) is 5.27. The molecule has 2 heteroatoms. The van der Waals surface area contributed by atoms with Crippen molar-refractivity contribution in [2.24, 2.45) is 0 Å². The molecule has 76 valence electrons. The standard InChI is InChI=1S/C12H17NS/c1-13(2)9-6-4-3-5-7-12-8-10-14-11-12/h4-8,10-11H,3,9H2,1-2H3/b6-4+,7-5+. The second-order valence-electron chi connectivity index (χ2n) is 3.43. The van der Waals surface area contributed by atoms with E-state index >= 15 is 0 Å². The van der Waals surface area contributed by atoms with E-state index in [4.69, 9.17) is 0 Å². The summed E-state index contributed by atoms with van der Waals surface area (Å²) in [5, 5.41) is 4.25. The highest BCUT2D eigenvalue weighted by Crippen LogP contribution is 2.07. The summed E-state index contributed by atoms with van der Waals surface area (Å²) in [5.74, 6) is 0. The van der Waals surface area contributed by atoms with Crippen LogP contribution >= 0.6 is 11.3 Å². The number of thiophene rings is 1. The Bertz CT molecular complexity index is 283. The van der Waals surface area contributed by atoms with Crippen molar-refractivity contribution in [2.45, 2.75) is 6.42 Å². The molecule has 0 aromatic carbocycles. The van der Waals surface area contributed by atoms with Gasteiger partial charge in [-0.15, -0.1) is 0 Å². The topological polar surface area (TPSA) is 3.24 Å². The molecule has 1 rings (SSSR count). The third-order valence-corrected chi connectivity index (χ3v) is 2.46. The van der Waals surface area contributed by atoms with Crippen molar-refractivity contribution < 1.29 is 0 Å². The molecular weight excluding hydrogens is 190 g/mol. The first kappa shape index (κ1) is 11.2. The first-order valence-electron chi connectivity index (χ1n) is 4.77. The molecule has 0 amide bonds. The minimum atomic E-state index is 1.02. The lowest BCUT2D eigenvalue weighted by Gasteiger charge is -2.02. The van der Waals surface area contributed by atoms with Gasteiger partial charge in [-0.05, 0) is 42.9 Å². The summed E-state index contributed by atoms with van der Waals surface area (Å²) in [6.07, 6.45) is 9.76. The largest absolute Gasteiger partial charge is 0.306 e. The monoisotopic (exact) mass is 207 g/mol. The molecule has 0 aliphatic rings. The summed E-state index contributed by atoms with van der Waals surface area (Å²) >= 11 is 1.74. The van der Waals surface area contributed by atoms with Crippen LogP contribution < -0.4 is 0 Å². The van der Waals surface area contributed by atoms with Gasteiger partial charge in [-0.25, -0.2) is 0 Å². The number of likely N-dealkylation sites (N-methyl/N-ethyl adjacent to an activating group) is 1. The molecule has 0 saturated heterocycles. The zero-order valence-electron chi connectivity index (χ0n) is 8.81. The lowest BCUT2D eigenvalue weighted by molar-refractivity contribution is 0.456. The van der Waals surface area contributed by atoms with Crippen LogP contribution in [0, 0.1) is 0 Å². The minimum absolute atomic E-state index is 1.02. The van der Waals surface area contributed by atoms with Gasteiger partial charge in [0.25, 0.3) is 0 Å². The van der Waals surface area contributed by atoms with E-state index in [1.807, 2.05) is 0 Å². The molecule has 1 heterocycles. The van der Waals surface area contributed by atoms with Gasteiger partial charge in [0.1, 0.15) is 0 Å². The number of hydrogen-bond acceptors (Lipinski definition) is 2. The Morgan fingerprint density at radius 2 is 2.14 bits per heavy atom. The minimum Gasteiger partial charge on any atom is -0.306 e. The maximum absolute atomic E-state index is 2.20. The summed E-state index contributed by atoms with van der Waals surface area (Å²) in [6.45, 7) is 1.02. The van der Waals surface area contributed by atoms with Crippen molar-refractivity contribution in [1.82, 2.24) is 4.90 Å². The van der Waals surface area contributed by atoms with Crippen LogP contribution in [0.25, 0.3) is 6.08 Å². The summed E-state index contributed by atoms with van der Waals surface area (Å²) in [7, 11) is 4.15. The average Bonchev–Trinajstić information content (AvgIpc) is 2.63. The molecule has 1 aromatic rings. The van der Waals surface area contributed by atoms with Gasteiger partial charge < -0.3 is 4.90 Å². The molecule has 0 saturated carbocycles. The van der Waals surface area contributed by atoms with Crippen molar-refractivity contribution in [2.75, 3.05) is 20.6 Å². The normalized spacial score (nSPS) is 12.2. The summed E-state index contributed by atoms with van der Waals surface area (Å²) in [4.78, 5) is 2.15. The molecule has 0 aliphatic heterocycles. The van der Waals surface area contributed by atoms with Gasteiger partial charge >= 0.3 is 0 Å². The Labute approximate surface area is 90.4 Å². The quantitative estimate of drug-likeness (QED) is 0.670. The van der Waals surface area contributed by atoms with Crippen LogP contribution in [0.15, 0.2) is 35.1 Å². The highest BCUT2D eigenvalue weighted by molar-refractivity contribution is 7.08. The second kappa shape index (κ2) is 6.57. The van der Waals surface area contributed by atoms with Gasteiger partial charge in [-0.2, -0.15) is 11.3 Å². The van der Waals surface area contributed by atoms with Crippen molar-refractivity contribution in [1.29, 1.82) is 0 Å². The van der Waals surface area contributed by atoms with Gasteiger partial charge in [0.05, 0.1) is 0 Å². The molecule has 1 nitrogen and oxygen atoms in total. The van der Waals surface area contributed by atoms with E-state index in [0.29, 0.717) is 0 Å². The van der Waals surface area contributed by atoms with E-state index in [1.165, 1.54) is 5.56 Å². The first-order chi connectivity index (χ1) is 6.79. The number of allylic oxidation sites excluding steroid dienone is 2. The van der Waals surface area contributed by atoms with Crippen LogP contribution in [-0.4, -0.2) is 25.5 Å². The summed E-state index contributed by atoms with van der Waals surface area (Å²) in [5.41, 5.74) is 1.30. The number of hydrogen-bond donors (Lipinski definition) is 0. The highest BCUT2D eigenvalue weighted by atomic mass is 32.1. The van der Waals surface area contributed by atoms with Crippen LogP contribution in [0.2, 0.25) is 0 Å². The molecule has 0 spiro atoms. The zero-order valence-corrected chi connectivity index (χ0v) is 9.63. The fourth-order valence-corrected chi connectivity index (χ4v) is 1.66. The maximum Gasteiger partial charge on any atom is 0.0157 e. The highest BCUT2D eigenvalue weighted by Gasteiger charge is 1.83. The van der Waals surface area contributed by atoms with Gasteiger partial charge in [-0.1, -0.05) is 24.3 Å². The second-order valence-corrected chi connectivity index (χ2v) is 4.21. The molecule has 1 aromatic heterocycles. The molecule has 0 fully saturated rings. The lowest BCUT2D eigenvalue weighted by Crippen LogP contribution is -2.10.